The summed E-state index contributed by atoms with van der Waals surface area (Å²) in [5.74, 6) is 1.97. The van der Waals surface area contributed by atoms with E-state index in [1.807, 2.05) is 11.6 Å². The lowest BCUT2D eigenvalue weighted by molar-refractivity contribution is 0.0210. The Labute approximate surface area is 76.9 Å². The van der Waals surface area contributed by atoms with Crippen LogP contribution in [0.3, 0.4) is 0 Å². The molecule has 2 atom stereocenters. The number of hydrogen-bond acceptors (Lipinski definition) is 3. The average Bonchev–Trinajstić information content (AvgIpc) is 2.54. The van der Waals surface area contributed by atoms with Crippen molar-refractivity contribution >= 4 is 0 Å². The fraction of sp³-hybridized carbons (Fsp3) is 0.778. The minimum absolute atomic E-state index is 0.0279. The van der Waals surface area contributed by atoms with Crippen molar-refractivity contribution in [3.8, 4) is 0 Å². The van der Waals surface area contributed by atoms with Crippen molar-refractivity contribution in [2.75, 3.05) is 6.61 Å². The zero-order chi connectivity index (χ0) is 9.05. The van der Waals surface area contributed by atoms with E-state index >= 15 is 0 Å². The van der Waals surface area contributed by atoms with E-state index in [1.54, 1.807) is 0 Å². The zero-order valence-electron chi connectivity index (χ0n) is 7.95. The highest BCUT2D eigenvalue weighted by atomic mass is 16.5. The molecule has 1 fully saturated rings. The highest BCUT2D eigenvalue weighted by molar-refractivity contribution is 5.07. The van der Waals surface area contributed by atoms with E-state index in [9.17, 15) is 0 Å². The summed E-state index contributed by atoms with van der Waals surface area (Å²) < 4.78 is 7.79. The molecule has 70 valence electrons. The van der Waals surface area contributed by atoms with Crippen molar-refractivity contribution in [2.24, 2.45) is 0 Å². The van der Waals surface area contributed by atoms with E-state index in [4.69, 9.17) is 4.74 Å². The number of aromatic nitrogens is 3. The molecule has 3 heterocycles. The molecule has 1 aromatic heterocycles. The van der Waals surface area contributed by atoms with Gasteiger partial charge in [0.05, 0.1) is 18.2 Å². The summed E-state index contributed by atoms with van der Waals surface area (Å²) in [6.07, 6.45) is 1.99. The van der Waals surface area contributed by atoms with Crippen molar-refractivity contribution in [3.63, 3.8) is 0 Å². The highest BCUT2D eigenvalue weighted by Crippen LogP contribution is 2.39. The molecule has 4 nitrogen and oxygen atoms in total. The van der Waals surface area contributed by atoms with Crippen LogP contribution in [0.5, 0.6) is 0 Å². The van der Waals surface area contributed by atoms with Crippen molar-refractivity contribution in [3.05, 3.63) is 11.6 Å². The van der Waals surface area contributed by atoms with E-state index < -0.39 is 0 Å². The van der Waals surface area contributed by atoms with Crippen LogP contribution in [-0.2, 0) is 11.2 Å². The van der Waals surface area contributed by atoms with Crippen LogP contribution in [0, 0.1) is 6.92 Å². The number of nitrogens with zero attached hydrogens (tertiary/aromatic N) is 3. The van der Waals surface area contributed by atoms with Gasteiger partial charge in [-0.05, 0) is 13.8 Å². The van der Waals surface area contributed by atoms with E-state index in [0.29, 0.717) is 6.04 Å². The second kappa shape index (κ2) is 2.12. The van der Waals surface area contributed by atoms with Crippen LogP contribution in [0.4, 0.5) is 0 Å². The molecule has 13 heavy (non-hydrogen) atoms. The summed E-state index contributed by atoms with van der Waals surface area (Å²) in [5.41, 5.74) is 0.0279. The number of rotatable bonds is 0. The first-order chi connectivity index (χ1) is 6.16. The van der Waals surface area contributed by atoms with Gasteiger partial charge in [0.2, 0.25) is 0 Å². The van der Waals surface area contributed by atoms with Gasteiger partial charge in [-0.1, -0.05) is 0 Å². The van der Waals surface area contributed by atoms with E-state index in [1.165, 1.54) is 0 Å². The molecule has 0 spiro atoms. The molecule has 0 N–H and O–H groups in total. The fourth-order valence-electron chi connectivity index (χ4n) is 2.42. The standard InChI is InChI=1S/C9H13N3O/c1-6-10-8-4-9(2)3-7(5-13-9)12(8)11-6/h7H,3-5H2,1-2H3. The Hall–Kier alpha value is -0.900. The van der Waals surface area contributed by atoms with Gasteiger partial charge in [0.1, 0.15) is 11.6 Å². The summed E-state index contributed by atoms with van der Waals surface area (Å²) in [4.78, 5) is 4.41. The molecule has 0 saturated carbocycles. The van der Waals surface area contributed by atoms with Crippen molar-refractivity contribution in [1.82, 2.24) is 14.8 Å². The van der Waals surface area contributed by atoms with Crippen molar-refractivity contribution in [2.45, 2.75) is 38.3 Å². The van der Waals surface area contributed by atoms with Crippen LogP contribution < -0.4 is 0 Å². The molecule has 3 rings (SSSR count). The van der Waals surface area contributed by atoms with Crippen LogP contribution in [0.15, 0.2) is 0 Å². The maximum atomic E-state index is 5.74. The minimum atomic E-state index is 0.0279. The summed E-state index contributed by atoms with van der Waals surface area (Å²) >= 11 is 0. The SMILES string of the molecule is Cc1nc2n(n1)C1COC(C)(C2)C1. The summed E-state index contributed by atoms with van der Waals surface area (Å²) in [6.45, 7) is 4.91. The Morgan fingerprint density at radius 1 is 1.62 bits per heavy atom. The maximum absolute atomic E-state index is 5.74. The number of ether oxygens (including phenoxy) is 1. The first kappa shape index (κ1) is 7.50. The Kier molecular flexibility index (Phi) is 1.22. The lowest BCUT2D eigenvalue weighted by Gasteiger charge is -2.26. The van der Waals surface area contributed by atoms with Crippen molar-refractivity contribution in [1.29, 1.82) is 0 Å². The van der Waals surface area contributed by atoms with Gasteiger partial charge >= 0.3 is 0 Å². The Morgan fingerprint density at radius 3 is 3.31 bits per heavy atom. The van der Waals surface area contributed by atoms with Crippen LogP contribution in [0.1, 0.15) is 31.0 Å². The first-order valence-corrected chi connectivity index (χ1v) is 4.72. The molecular weight excluding hydrogens is 166 g/mol. The van der Waals surface area contributed by atoms with Gasteiger partial charge < -0.3 is 4.74 Å². The number of fused-ring (bicyclic) bond motifs is 4. The topological polar surface area (TPSA) is 39.9 Å². The van der Waals surface area contributed by atoms with E-state index in [-0.39, 0.29) is 5.60 Å². The van der Waals surface area contributed by atoms with Crippen LogP contribution in [0.25, 0.3) is 0 Å². The third-order valence-corrected chi connectivity index (χ3v) is 2.98. The molecule has 2 unspecified atom stereocenters. The van der Waals surface area contributed by atoms with Crippen molar-refractivity contribution < 1.29 is 4.74 Å². The molecule has 2 aliphatic rings. The molecule has 2 aliphatic heterocycles. The Morgan fingerprint density at radius 2 is 2.46 bits per heavy atom. The number of hydrogen-bond donors (Lipinski definition) is 0. The molecular formula is C9H13N3O. The molecule has 4 heteroatoms. The Balaban J connectivity index is 2.12. The highest BCUT2D eigenvalue weighted by Gasteiger charge is 2.43. The maximum Gasteiger partial charge on any atom is 0.147 e. The summed E-state index contributed by atoms with van der Waals surface area (Å²) in [7, 11) is 0. The normalized spacial score (nSPS) is 36.3. The largest absolute Gasteiger partial charge is 0.373 e. The molecule has 1 saturated heterocycles. The van der Waals surface area contributed by atoms with Gasteiger partial charge in [-0.25, -0.2) is 9.67 Å². The molecule has 0 aliphatic carbocycles. The van der Waals surface area contributed by atoms with Gasteiger partial charge in [-0.2, -0.15) is 5.10 Å². The Bertz CT molecular complexity index is 360. The number of aryl methyl sites for hydroxylation is 1. The average molecular weight is 179 g/mol. The lowest BCUT2D eigenvalue weighted by atomic mass is 9.93. The van der Waals surface area contributed by atoms with E-state index in [2.05, 4.69) is 17.0 Å². The van der Waals surface area contributed by atoms with Gasteiger partial charge in [0.15, 0.2) is 0 Å². The van der Waals surface area contributed by atoms with Gasteiger partial charge in [-0.3, -0.25) is 0 Å². The molecule has 2 bridgehead atoms. The quantitative estimate of drug-likeness (QED) is 0.593. The summed E-state index contributed by atoms with van der Waals surface area (Å²) in [5, 5.41) is 4.39. The van der Waals surface area contributed by atoms with Gasteiger partial charge in [0, 0.05) is 12.8 Å². The van der Waals surface area contributed by atoms with Crippen LogP contribution in [0.2, 0.25) is 0 Å². The predicted molar refractivity (Wildman–Crippen MR) is 46.5 cm³/mol. The third kappa shape index (κ3) is 0.950. The second-order valence-corrected chi connectivity index (χ2v) is 4.32. The fourth-order valence-corrected chi connectivity index (χ4v) is 2.42. The molecule has 0 aromatic carbocycles. The smallest absolute Gasteiger partial charge is 0.147 e. The zero-order valence-corrected chi connectivity index (χ0v) is 7.95. The second-order valence-electron chi connectivity index (χ2n) is 4.32. The van der Waals surface area contributed by atoms with Gasteiger partial charge in [0.25, 0.3) is 0 Å². The molecule has 1 aromatic rings. The predicted octanol–water partition coefficient (Wildman–Crippen LogP) is 0.863. The minimum Gasteiger partial charge on any atom is -0.373 e. The van der Waals surface area contributed by atoms with E-state index in [0.717, 1.165) is 31.1 Å². The molecule has 0 radical (unpaired) electrons. The lowest BCUT2D eigenvalue weighted by Crippen LogP contribution is -2.32. The van der Waals surface area contributed by atoms with Crippen LogP contribution >= 0.6 is 0 Å². The third-order valence-electron chi connectivity index (χ3n) is 2.98. The first-order valence-electron chi connectivity index (χ1n) is 4.72. The monoisotopic (exact) mass is 179 g/mol. The van der Waals surface area contributed by atoms with Gasteiger partial charge in [-0.15, -0.1) is 0 Å². The molecule has 0 amide bonds. The summed E-state index contributed by atoms with van der Waals surface area (Å²) in [6, 6.07) is 0.426. The van der Waals surface area contributed by atoms with Crippen LogP contribution in [-0.4, -0.2) is 27.0 Å².